The van der Waals surface area contributed by atoms with Gasteiger partial charge in [-0.15, -0.1) is 0 Å². The van der Waals surface area contributed by atoms with Crippen molar-refractivity contribution in [1.82, 2.24) is 4.98 Å². The van der Waals surface area contributed by atoms with E-state index in [9.17, 15) is 0 Å². The number of benzene rings is 1. The van der Waals surface area contributed by atoms with E-state index in [0.29, 0.717) is 5.92 Å². The Bertz CT molecular complexity index is 597. The minimum absolute atomic E-state index is 0.678. The number of para-hydroxylation sites is 1. The molecule has 3 rings (SSSR count). The zero-order valence-corrected chi connectivity index (χ0v) is 11.1. The highest BCUT2D eigenvalue weighted by Crippen LogP contribution is 2.33. The lowest BCUT2D eigenvalue weighted by molar-refractivity contribution is 0.456. The average Bonchev–Trinajstić information content (AvgIpc) is 2.37. The van der Waals surface area contributed by atoms with Gasteiger partial charge in [-0.1, -0.05) is 44.2 Å². The third kappa shape index (κ3) is 2.17. The van der Waals surface area contributed by atoms with Gasteiger partial charge >= 0.3 is 0 Å². The summed E-state index contributed by atoms with van der Waals surface area (Å²) < 4.78 is 0. The van der Waals surface area contributed by atoms with Crippen LogP contribution in [0.5, 0.6) is 0 Å². The molecule has 0 fully saturated rings. The summed E-state index contributed by atoms with van der Waals surface area (Å²) in [5.74, 6) is 1.45. The normalized spacial score (nSPS) is 24.0. The number of pyridine rings is 1. The van der Waals surface area contributed by atoms with Crippen molar-refractivity contribution in [3.63, 3.8) is 0 Å². The van der Waals surface area contributed by atoms with Crippen molar-refractivity contribution in [2.45, 2.75) is 26.7 Å². The fraction of sp³-hybridized carbons (Fsp3) is 0.353. The Hall–Kier alpha value is -1.63. The zero-order valence-electron chi connectivity index (χ0n) is 11.1. The summed E-state index contributed by atoms with van der Waals surface area (Å²) in [4.78, 5) is 4.80. The van der Waals surface area contributed by atoms with Crippen molar-refractivity contribution < 1.29 is 0 Å². The first-order valence-electron chi connectivity index (χ1n) is 6.79. The number of allylic oxidation sites excluding steroid dienone is 2. The molecule has 1 aliphatic rings. The van der Waals surface area contributed by atoms with Crippen molar-refractivity contribution >= 4 is 16.5 Å². The summed E-state index contributed by atoms with van der Waals surface area (Å²) >= 11 is 0. The zero-order chi connectivity index (χ0) is 12.5. The smallest absolute Gasteiger partial charge is 0.0709 e. The van der Waals surface area contributed by atoms with Gasteiger partial charge in [0.25, 0.3) is 0 Å². The van der Waals surface area contributed by atoms with Crippen LogP contribution in [0.4, 0.5) is 0 Å². The second-order valence-corrected chi connectivity index (χ2v) is 5.60. The molecule has 92 valence electrons. The van der Waals surface area contributed by atoms with Gasteiger partial charge in [0, 0.05) is 5.39 Å². The first-order chi connectivity index (χ1) is 8.72. The minimum Gasteiger partial charge on any atom is -0.248 e. The number of rotatable bonds is 1. The monoisotopic (exact) mass is 237 g/mol. The van der Waals surface area contributed by atoms with Gasteiger partial charge in [0.15, 0.2) is 0 Å². The van der Waals surface area contributed by atoms with E-state index >= 15 is 0 Å². The second kappa shape index (κ2) is 4.56. The largest absolute Gasteiger partial charge is 0.248 e. The number of nitrogens with zero attached hydrogens (tertiary/aromatic N) is 1. The first-order valence-corrected chi connectivity index (χ1v) is 6.79. The summed E-state index contributed by atoms with van der Waals surface area (Å²) in [5.41, 5.74) is 3.68. The minimum atomic E-state index is 0.678. The Morgan fingerprint density at radius 1 is 1.06 bits per heavy atom. The molecule has 1 nitrogen and oxygen atoms in total. The van der Waals surface area contributed by atoms with Crippen LogP contribution in [0.1, 0.15) is 32.4 Å². The van der Waals surface area contributed by atoms with Crippen LogP contribution in [0.3, 0.4) is 0 Å². The van der Waals surface area contributed by atoms with Crippen LogP contribution in [-0.4, -0.2) is 4.98 Å². The number of hydrogen-bond donors (Lipinski definition) is 0. The molecule has 1 aromatic heterocycles. The van der Waals surface area contributed by atoms with E-state index < -0.39 is 0 Å². The van der Waals surface area contributed by atoms with Crippen molar-refractivity contribution in [3.8, 4) is 0 Å². The lowest BCUT2D eigenvalue weighted by atomic mass is 9.83. The van der Waals surface area contributed by atoms with E-state index in [4.69, 9.17) is 4.98 Å². The number of aromatic nitrogens is 1. The molecule has 2 aromatic rings. The van der Waals surface area contributed by atoms with Crippen LogP contribution < -0.4 is 0 Å². The van der Waals surface area contributed by atoms with Gasteiger partial charge in [0.1, 0.15) is 0 Å². The van der Waals surface area contributed by atoms with Gasteiger partial charge in [-0.3, -0.25) is 0 Å². The molecule has 0 radical (unpaired) electrons. The quantitative estimate of drug-likeness (QED) is 0.701. The summed E-state index contributed by atoms with van der Waals surface area (Å²) in [6.07, 6.45) is 4.86. The summed E-state index contributed by atoms with van der Waals surface area (Å²) in [7, 11) is 0. The highest BCUT2D eigenvalue weighted by molar-refractivity contribution is 5.81. The molecule has 2 unspecified atom stereocenters. The van der Waals surface area contributed by atoms with E-state index in [2.05, 4.69) is 56.3 Å². The van der Waals surface area contributed by atoms with E-state index in [1.54, 1.807) is 0 Å². The molecule has 0 saturated carbocycles. The molecule has 2 atom stereocenters. The Morgan fingerprint density at radius 3 is 2.72 bits per heavy atom. The van der Waals surface area contributed by atoms with Gasteiger partial charge in [0.05, 0.1) is 11.2 Å². The van der Waals surface area contributed by atoms with Crippen LogP contribution in [-0.2, 0) is 0 Å². The maximum atomic E-state index is 4.80. The Kier molecular flexibility index (Phi) is 2.91. The van der Waals surface area contributed by atoms with Gasteiger partial charge in [0.2, 0.25) is 0 Å². The highest BCUT2D eigenvalue weighted by atomic mass is 14.7. The molecule has 0 N–H and O–H groups in total. The topological polar surface area (TPSA) is 12.9 Å². The SMILES string of the molecule is CC1C=C(c2ccc3ccccc3n2)CC(C)C1. The molecule has 0 aliphatic heterocycles. The molecule has 0 amide bonds. The molecule has 1 heterocycles. The third-order valence-electron chi connectivity index (χ3n) is 3.76. The van der Waals surface area contributed by atoms with Crippen LogP contribution in [0.25, 0.3) is 16.5 Å². The van der Waals surface area contributed by atoms with Crippen molar-refractivity contribution in [1.29, 1.82) is 0 Å². The predicted molar refractivity (Wildman–Crippen MR) is 77.3 cm³/mol. The van der Waals surface area contributed by atoms with Crippen molar-refractivity contribution in [2.75, 3.05) is 0 Å². The Morgan fingerprint density at radius 2 is 1.89 bits per heavy atom. The van der Waals surface area contributed by atoms with Crippen LogP contribution in [0.15, 0.2) is 42.5 Å². The van der Waals surface area contributed by atoms with Gasteiger partial charge < -0.3 is 0 Å². The fourth-order valence-electron chi connectivity index (χ4n) is 3.01. The van der Waals surface area contributed by atoms with E-state index in [1.807, 2.05) is 0 Å². The fourth-order valence-corrected chi connectivity index (χ4v) is 3.01. The van der Waals surface area contributed by atoms with Crippen LogP contribution in [0, 0.1) is 11.8 Å². The Balaban J connectivity index is 2.04. The molecular formula is C17H19N. The molecule has 1 aliphatic carbocycles. The molecular weight excluding hydrogens is 218 g/mol. The van der Waals surface area contributed by atoms with Crippen molar-refractivity contribution in [3.05, 3.63) is 48.2 Å². The number of fused-ring (bicyclic) bond motifs is 1. The Labute approximate surface area is 109 Å². The maximum absolute atomic E-state index is 4.80. The van der Waals surface area contributed by atoms with E-state index in [-0.39, 0.29) is 0 Å². The van der Waals surface area contributed by atoms with Gasteiger partial charge in [-0.2, -0.15) is 0 Å². The lowest BCUT2D eigenvalue weighted by Gasteiger charge is -2.23. The van der Waals surface area contributed by atoms with Gasteiger partial charge in [-0.25, -0.2) is 4.98 Å². The molecule has 1 heteroatoms. The summed E-state index contributed by atoms with van der Waals surface area (Å²) in [6, 6.07) is 12.7. The molecule has 0 saturated heterocycles. The second-order valence-electron chi connectivity index (χ2n) is 5.60. The molecule has 0 spiro atoms. The van der Waals surface area contributed by atoms with E-state index in [1.165, 1.54) is 17.4 Å². The molecule has 18 heavy (non-hydrogen) atoms. The van der Waals surface area contributed by atoms with Crippen LogP contribution in [0.2, 0.25) is 0 Å². The molecule has 0 bridgehead atoms. The standard InChI is InChI=1S/C17H19N/c1-12-9-13(2)11-15(10-12)17-8-7-14-5-3-4-6-16(14)18-17/h3-8,10,12-13H,9,11H2,1-2H3. The average molecular weight is 237 g/mol. The lowest BCUT2D eigenvalue weighted by Crippen LogP contribution is -2.09. The first kappa shape index (κ1) is 11.5. The maximum Gasteiger partial charge on any atom is 0.0709 e. The van der Waals surface area contributed by atoms with E-state index in [0.717, 1.165) is 23.5 Å². The summed E-state index contributed by atoms with van der Waals surface area (Å²) in [5, 5.41) is 1.22. The van der Waals surface area contributed by atoms with Gasteiger partial charge in [-0.05, 0) is 42.4 Å². The predicted octanol–water partition coefficient (Wildman–Crippen LogP) is 4.68. The summed E-state index contributed by atoms with van der Waals surface area (Å²) in [6.45, 7) is 4.64. The molecule has 1 aromatic carbocycles. The van der Waals surface area contributed by atoms with Crippen LogP contribution >= 0.6 is 0 Å². The highest BCUT2D eigenvalue weighted by Gasteiger charge is 2.18. The van der Waals surface area contributed by atoms with Crippen molar-refractivity contribution in [2.24, 2.45) is 11.8 Å². The number of hydrogen-bond acceptors (Lipinski definition) is 1. The third-order valence-corrected chi connectivity index (χ3v) is 3.76.